The van der Waals surface area contributed by atoms with Crippen LogP contribution in [0.5, 0.6) is 0 Å². The zero-order chi connectivity index (χ0) is 15.0. The normalized spacial score (nSPS) is 12.9. The van der Waals surface area contributed by atoms with Gasteiger partial charge >= 0.3 is 5.97 Å². The first-order chi connectivity index (χ1) is 10.1. The number of benzene rings is 2. The van der Waals surface area contributed by atoms with Crippen LogP contribution < -0.4 is 10.2 Å². The van der Waals surface area contributed by atoms with Crippen LogP contribution >= 0.6 is 0 Å². The summed E-state index contributed by atoms with van der Waals surface area (Å²) in [7, 11) is 3.20. The number of esters is 1. The molecule has 0 radical (unpaired) electrons. The molecule has 1 N–H and O–H groups in total. The largest absolute Gasteiger partial charge is 0.465 e. The summed E-state index contributed by atoms with van der Waals surface area (Å²) in [6, 6.07) is 12.4. The number of hydrogen-bond acceptors (Lipinski definition) is 4. The molecule has 1 aliphatic rings. The van der Waals surface area contributed by atoms with Crippen LogP contribution in [-0.4, -0.2) is 26.0 Å². The number of anilines is 3. The number of rotatable bonds is 1. The van der Waals surface area contributed by atoms with Gasteiger partial charge in [-0.1, -0.05) is 12.1 Å². The fourth-order valence-corrected chi connectivity index (χ4v) is 2.44. The number of hydrogen-bond donors (Lipinski definition) is 1. The van der Waals surface area contributed by atoms with Crippen molar-refractivity contribution in [3.63, 3.8) is 0 Å². The highest BCUT2D eigenvalue weighted by molar-refractivity contribution is 6.12. The molecule has 0 atom stereocenters. The lowest BCUT2D eigenvalue weighted by Crippen LogP contribution is -2.12. The van der Waals surface area contributed by atoms with Gasteiger partial charge in [0.25, 0.3) is 5.91 Å². The number of fused-ring (bicyclic) bond motifs is 2. The van der Waals surface area contributed by atoms with Gasteiger partial charge in [0.2, 0.25) is 0 Å². The van der Waals surface area contributed by atoms with Crippen molar-refractivity contribution < 1.29 is 14.3 Å². The first-order valence-corrected chi connectivity index (χ1v) is 6.48. The lowest BCUT2D eigenvalue weighted by atomic mass is 10.1. The molecule has 2 aromatic rings. The third kappa shape index (κ3) is 2.12. The number of carbonyl (C=O) groups is 2. The Morgan fingerprint density at radius 1 is 1.14 bits per heavy atom. The van der Waals surface area contributed by atoms with E-state index in [4.69, 9.17) is 4.74 Å². The molecule has 0 bridgehead atoms. The van der Waals surface area contributed by atoms with Crippen molar-refractivity contribution in [2.45, 2.75) is 0 Å². The van der Waals surface area contributed by atoms with Crippen molar-refractivity contribution in [3.05, 3.63) is 53.6 Å². The minimum atomic E-state index is -0.407. The van der Waals surface area contributed by atoms with Crippen molar-refractivity contribution in [1.82, 2.24) is 0 Å². The molecule has 1 amide bonds. The molecule has 2 aromatic carbocycles. The maximum atomic E-state index is 12.3. The van der Waals surface area contributed by atoms with Crippen molar-refractivity contribution in [2.24, 2.45) is 0 Å². The van der Waals surface area contributed by atoms with Crippen LogP contribution in [0, 0.1) is 0 Å². The predicted octanol–water partition coefficient (Wildman–Crippen LogP) is 2.81. The van der Waals surface area contributed by atoms with E-state index in [9.17, 15) is 9.59 Å². The van der Waals surface area contributed by atoms with Crippen LogP contribution in [0.1, 0.15) is 20.7 Å². The summed E-state index contributed by atoms with van der Waals surface area (Å²) < 4.78 is 4.74. The molecule has 5 nitrogen and oxygen atoms in total. The van der Waals surface area contributed by atoms with E-state index < -0.39 is 5.97 Å². The second-order valence-corrected chi connectivity index (χ2v) is 4.75. The molecule has 0 spiro atoms. The summed E-state index contributed by atoms with van der Waals surface area (Å²) in [6.07, 6.45) is 0. The molecule has 0 unspecified atom stereocenters. The number of ether oxygens (including phenoxy) is 1. The lowest BCUT2D eigenvalue weighted by Gasteiger charge is -2.21. The van der Waals surface area contributed by atoms with Crippen LogP contribution in [0.25, 0.3) is 0 Å². The minimum absolute atomic E-state index is 0.165. The van der Waals surface area contributed by atoms with Gasteiger partial charge in [0, 0.05) is 7.05 Å². The monoisotopic (exact) mass is 282 g/mol. The van der Waals surface area contributed by atoms with E-state index in [-0.39, 0.29) is 5.91 Å². The van der Waals surface area contributed by atoms with Gasteiger partial charge in [0.15, 0.2) is 0 Å². The van der Waals surface area contributed by atoms with E-state index in [0.717, 1.165) is 11.4 Å². The van der Waals surface area contributed by atoms with Gasteiger partial charge in [-0.2, -0.15) is 0 Å². The van der Waals surface area contributed by atoms with E-state index in [1.54, 1.807) is 24.3 Å². The van der Waals surface area contributed by atoms with Crippen molar-refractivity contribution in [2.75, 3.05) is 24.4 Å². The van der Waals surface area contributed by atoms with E-state index in [1.807, 2.05) is 30.1 Å². The zero-order valence-electron chi connectivity index (χ0n) is 11.7. The second-order valence-electron chi connectivity index (χ2n) is 4.75. The zero-order valence-corrected chi connectivity index (χ0v) is 11.7. The fourth-order valence-electron chi connectivity index (χ4n) is 2.44. The van der Waals surface area contributed by atoms with Gasteiger partial charge in [-0.15, -0.1) is 0 Å². The van der Waals surface area contributed by atoms with Crippen LogP contribution in [0.15, 0.2) is 42.5 Å². The number of nitrogens with zero attached hydrogens (tertiary/aromatic N) is 1. The molecule has 1 heterocycles. The van der Waals surface area contributed by atoms with E-state index in [2.05, 4.69) is 5.32 Å². The maximum Gasteiger partial charge on any atom is 0.337 e. The standard InChI is InChI=1S/C16H14N2O3/c1-18-13-6-4-3-5-11(13)15(19)17-12-8-7-10(9-14(12)18)16(20)21-2/h3-9H,1-2H3,(H,17,19). The fraction of sp³-hybridized carbons (Fsp3) is 0.125. The number of methoxy groups -OCH3 is 1. The van der Waals surface area contributed by atoms with Crippen molar-refractivity contribution >= 4 is 28.9 Å². The Morgan fingerprint density at radius 2 is 1.90 bits per heavy atom. The first kappa shape index (κ1) is 13.2. The van der Waals surface area contributed by atoms with Crippen molar-refractivity contribution in [1.29, 1.82) is 0 Å². The van der Waals surface area contributed by atoms with Gasteiger partial charge in [-0.3, -0.25) is 4.79 Å². The topological polar surface area (TPSA) is 58.6 Å². The molecule has 0 saturated carbocycles. The Kier molecular flexibility index (Phi) is 3.10. The number of carbonyl (C=O) groups excluding carboxylic acids is 2. The first-order valence-electron chi connectivity index (χ1n) is 6.48. The van der Waals surface area contributed by atoms with E-state index in [0.29, 0.717) is 16.8 Å². The summed E-state index contributed by atoms with van der Waals surface area (Å²) in [4.78, 5) is 25.8. The molecule has 21 heavy (non-hydrogen) atoms. The lowest BCUT2D eigenvalue weighted by molar-refractivity contribution is 0.0600. The molecule has 1 aliphatic heterocycles. The average molecular weight is 282 g/mol. The van der Waals surface area contributed by atoms with Crippen LogP contribution in [-0.2, 0) is 4.74 Å². The Bertz CT molecular complexity index is 740. The van der Waals surface area contributed by atoms with Crippen molar-refractivity contribution in [3.8, 4) is 0 Å². The Morgan fingerprint density at radius 3 is 2.67 bits per heavy atom. The molecule has 0 aliphatic carbocycles. The summed E-state index contributed by atoms with van der Waals surface area (Å²) in [5.41, 5.74) is 3.23. The Hall–Kier alpha value is -2.82. The number of para-hydroxylation sites is 1. The molecule has 0 saturated heterocycles. The molecule has 0 aromatic heterocycles. The average Bonchev–Trinajstić information content (AvgIpc) is 2.63. The summed E-state index contributed by atoms with van der Waals surface area (Å²) in [6.45, 7) is 0. The number of nitrogens with one attached hydrogen (secondary N) is 1. The van der Waals surface area contributed by atoms with E-state index >= 15 is 0 Å². The van der Waals surface area contributed by atoms with Gasteiger partial charge in [-0.05, 0) is 30.3 Å². The van der Waals surface area contributed by atoms with E-state index in [1.165, 1.54) is 7.11 Å². The van der Waals surface area contributed by atoms with Crippen LogP contribution in [0.2, 0.25) is 0 Å². The van der Waals surface area contributed by atoms with Gasteiger partial charge in [0.1, 0.15) is 0 Å². The third-order valence-electron chi connectivity index (χ3n) is 3.54. The molecular formula is C16H14N2O3. The van der Waals surface area contributed by atoms with Crippen LogP contribution in [0.4, 0.5) is 17.1 Å². The molecule has 3 rings (SSSR count). The summed E-state index contributed by atoms with van der Waals surface area (Å²) in [5, 5.41) is 2.86. The molecular weight excluding hydrogens is 268 g/mol. The summed E-state index contributed by atoms with van der Waals surface area (Å²) >= 11 is 0. The third-order valence-corrected chi connectivity index (χ3v) is 3.54. The van der Waals surface area contributed by atoms with Gasteiger partial charge < -0.3 is 15.0 Å². The molecule has 5 heteroatoms. The highest BCUT2D eigenvalue weighted by Gasteiger charge is 2.23. The quantitative estimate of drug-likeness (QED) is 0.817. The SMILES string of the molecule is COC(=O)c1ccc2c(c1)N(C)c1ccccc1C(=O)N2. The molecule has 106 valence electrons. The highest BCUT2D eigenvalue weighted by Crippen LogP contribution is 2.37. The second kappa shape index (κ2) is 4.94. The maximum absolute atomic E-state index is 12.3. The predicted molar refractivity (Wildman–Crippen MR) is 80.2 cm³/mol. The Balaban J connectivity index is 2.17. The minimum Gasteiger partial charge on any atom is -0.465 e. The van der Waals surface area contributed by atoms with Gasteiger partial charge in [0.05, 0.1) is 35.3 Å². The highest BCUT2D eigenvalue weighted by atomic mass is 16.5. The Labute approximate surface area is 122 Å². The molecule has 0 fully saturated rings. The summed E-state index contributed by atoms with van der Waals surface area (Å²) in [5.74, 6) is -0.572. The van der Waals surface area contributed by atoms with Gasteiger partial charge in [-0.25, -0.2) is 4.79 Å². The van der Waals surface area contributed by atoms with Crippen LogP contribution in [0.3, 0.4) is 0 Å². The smallest absolute Gasteiger partial charge is 0.337 e. The number of amides is 1.